The molecule has 0 unspecified atom stereocenters. The van der Waals surface area contributed by atoms with Crippen LogP contribution in [0, 0.1) is 5.92 Å². The van der Waals surface area contributed by atoms with Gasteiger partial charge in [0.25, 0.3) is 0 Å². The van der Waals surface area contributed by atoms with Gasteiger partial charge in [0.15, 0.2) is 0 Å². The van der Waals surface area contributed by atoms with Crippen molar-refractivity contribution in [2.75, 3.05) is 0 Å². The molecule has 0 aliphatic carbocycles. The number of hydrogen-bond donors (Lipinski definition) is 0. The van der Waals surface area contributed by atoms with Gasteiger partial charge in [0.2, 0.25) is 0 Å². The van der Waals surface area contributed by atoms with Gasteiger partial charge in [-0.3, -0.25) is 0 Å². The van der Waals surface area contributed by atoms with Crippen molar-refractivity contribution in [1.29, 1.82) is 0 Å². The summed E-state index contributed by atoms with van der Waals surface area (Å²) in [6.07, 6.45) is 1.35. The van der Waals surface area contributed by atoms with E-state index in [-0.39, 0.29) is 35.5 Å². The van der Waals surface area contributed by atoms with Gasteiger partial charge in [-0.1, -0.05) is 19.9 Å². The van der Waals surface area contributed by atoms with Crippen LogP contribution in [0.25, 0.3) is 0 Å². The Morgan fingerprint density at radius 1 is 1.40 bits per heavy atom. The first-order valence-corrected chi connectivity index (χ1v) is 4.03. The van der Waals surface area contributed by atoms with Crippen molar-refractivity contribution in [1.82, 2.24) is 0 Å². The first-order chi connectivity index (χ1) is 3.92. The average molecular weight is 172 g/mol. The summed E-state index contributed by atoms with van der Waals surface area (Å²) in [4.78, 5) is 0. The predicted octanol–water partition coefficient (Wildman–Crippen LogP) is -2.29. The molecule has 0 aromatic carbocycles. The largest absolute Gasteiger partial charge is 1.00 e. The average Bonchev–Trinajstić information content (AvgIpc) is 1.59. The van der Waals surface area contributed by atoms with Gasteiger partial charge in [0, 0.05) is 5.41 Å². The fourth-order valence-electron chi connectivity index (χ4n) is 0.253. The normalized spacial score (nSPS) is 12.0. The van der Waals surface area contributed by atoms with Gasteiger partial charge in [-0.25, -0.2) is 8.42 Å². The molecule has 0 aliphatic rings. The number of rotatable bonds is 2. The van der Waals surface area contributed by atoms with E-state index in [2.05, 4.69) is 0 Å². The minimum atomic E-state index is -4.15. The molecule has 0 radical (unpaired) electrons. The van der Waals surface area contributed by atoms with E-state index in [1.54, 1.807) is 13.8 Å². The van der Waals surface area contributed by atoms with Crippen molar-refractivity contribution in [3.05, 3.63) is 11.5 Å². The van der Waals surface area contributed by atoms with Crippen molar-refractivity contribution in [3.8, 4) is 0 Å². The van der Waals surface area contributed by atoms with E-state index in [1.165, 1.54) is 6.08 Å². The zero-order valence-electron chi connectivity index (χ0n) is 6.37. The Hall–Kier alpha value is 0.650. The second-order valence-corrected chi connectivity index (χ2v) is 3.32. The molecule has 0 bridgehead atoms. The molecular formula is C5H9NaO3S. The maximum atomic E-state index is 9.89. The third-order valence-corrected chi connectivity index (χ3v) is 1.12. The second-order valence-electron chi connectivity index (χ2n) is 2.07. The van der Waals surface area contributed by atoms with Gasteiger partial charge >= 0.3 is 29.6 Å². The van der Waals surface area contributed by atoms with Crippen LogP contribution in [0.2, 0.25) is 0 Å². The molecule has 0 rings (SSSR count). The van der Waals surface area contributed by atoms with Crippen LogP contribution in [0.3, 0.4) is 0 Å². The van der Waals surface area contributed by atoms with Crippen LogP contribution in [0.15, 0.2) is 11.5 Å². The molecule has 0 amide bonds. The quantitative estimate of drug-likeness (QED) is 0.348. The van der Waals surface area contributed by atoms with Crippen molar-refractivity contribution < 1.29 is 42.5 Å². The predicted molar refractivity (Wildman–Crippen MR) is 33.7 cm³/mol. The molecular weight excluding hydrogens is 163 g/mol. The van der Waals surface area contributed by atoms with Gasteiger partial charge < -0.3 is 4.55 Å². The van der Waals surface area contributed by atoms with Crippen LogP contribution < -0.4 is 29.6 Å². The van der Waals surface area contributed by atoms with Crippen LogP contribution in [0.5, 0.6) is 0 Å². The summed E-state index contributed by atoms with van der Waals surface area (Å²) in [5, 5.41) is 0.678. The van der Waals surface area contributed by atoms with E-state index in [0.29, 0.717) is 5.41 Å². The molecule has 5 heteroatoms. The Morgan fingerprint density at radius 3 is 1.90 bits per heavy atom. The first kappa shape index (κ1) is 13.3. The molecule has 0 spiro atoms. The summed E-state index contributed by atoms with van der Waals surface area (Å²) < 4.78 is 29.7. The smallest absolute Gasteiger partial charge is 0.744 e. The van der Waals surface area contributed by atoms with E-state index in [9.17, 15) is 13.0 Å². The number of hydrogen-bond acceptors (Lipinski definition) is 3. The fourth-order valence-corrected chi connectivity index (χ4v) is 0.760. The third-order valence-electron chi connectivity index (χ3n) is 0.630. The fraction of sp³-hybridized carbons (Fsp3) is 0.600. The van der Waals surface area contributed by atoms with Crippen LogP contribution in [0.1, 0.15) is 13.8 Å². The van der Waals surface area contributed by atoms with Crippen molar-refractivity contribution >= 4 is 10.1 Å². The molecule has 0 aromatic rings. The van der Waals surface area contributed by atoms with E-state index in [1.807, 2.05) is 0 Å². The molecule has 0 saturated carbocycles. The zero-order chi connectivity index (χ0) is 7.49. The van der Waals surface area contributed by atoms with E-state index in [0.717, 1.165) is 0 Å². The van der Waals surface area contributed by atoms with Crippen molar-refractivity contribution in [3.63, 3.8) is 0 Å². The molecule has 0 aliphatic heterocycles. The minimum Gasteiger partial charge on any atom is -0.744 e. The zero-order valence-corrected chi connectivity index (χ0v) is 9.18. The van der Waals surface area contributed by atoms with E-state index < -0.39 is 10.1 Å². The Labute approximate surface area is 83.6 Å². The Balaban J connectivity index is 0. The molecule has 10 heavy (non-hydrogen) atoms. The van der Waals surface area contributed by atoms with Gasteiger partial charge in [-0.05, 0) is 5.92 Å². The standard InChI is InChI=1S/C5H10O3S.Na/c1-5(2)3-4-9(6,7)8;/h3-5H,1-2H3,(H,6,7,8);/q;+1/p-1. The summed E-state index contributed by atoms with van der Waals surface area (Å²) in [5.41, 5.74) is 0. The van der Waals surface area contributed by atoms with Crippen molar-refractivity contribution in [2.24, 2.45) is 5.92 Å². The van der Waals surface area contributed by atoms with Gasteiger partial charge in [-0.15, -0.1) is 0 Å². The minimum absolute atomic E-state index is 0. The Bertz CT molecular complexity index is 193. The molecule has 0 atom stereocenters. The molecule has 0 saturated heterocycles. The van der Waals surface area contributed by atoms with E-state index in [4.69, 9.17) is 0 Å². The summed E-state index contributed by atoms with van der Waals surface area (Å²) in [5.74, 6) is 0.105. The second kappa shape index (κ2) is 5.32. The first-order valence-electron chi connectivity index (χ1n) is 2.56. The van der Waals surface area contributed by atoms with Gasteiger partial charge in [0.05, 0.1) is 0 Å². The summed E-state index contributed by atoms with van der Waals surface area (Å²) in [6, 6.07) is 0. The van der Waals surface area contributed by atoms with Crippen LogP contribution >= 0.6 is 0 Å². The number of allylic oxidation sites excluding steroid dienone is 1. The SMILES string of the molecule is CC(C)C=CS(=O)(=O)[O-].[Na+]. The molecule has 0 heterocycles. The molecule has 54 valence electrons. The van der Waals surface area contributed by atoms with Crippen molar-refractivity contribution in [2.45, 2.75) is 13.8 Å². The van der Waals surface area contributed by atoms with Crippen LogP contribution in [-0.4, -0.2) is 13.0 Å². The van der Waals surface area contributed by atoms with E-state index >= 15 is 0 Å². The van der Waals surface area contributed by atoms with Gasteiger partial charge in [0.1, 0.15) is 10.1 Å². The Morgan fingerprint density at radius 2 is 1.80 bits per heavy atom. The third kappa shape index (κ3) is 11.4. The Kier molecular flexibility index (Phi) is 7.05. The molecule has 0 N–H and O–H groups in total. The van der Waals surface area contributed by atoms with Crippen LogP contribution in [-0.2, 0) is 10.1 Å². The maximum absolute atomic E-state index is 9.89. The van der Waals surface area contributed by atoms with Gasteiger partial charge in [-0.2, -0.15) is 0 Å². The monoisotopic (exact) mass is 172 g/mol. The molecule has 3 nitrogen and oxygen atoms in total. The summed E-state index contributed by atoms with van der Waals surface area (Å²) in [6.45, 7) is 3.59. The van der Waals surface area contributed by atoms with Crippen LogP contribution in [0.4, 0.5) is 0 Å². The maximum Gasteiger partial charge on any atom is 1.00 e. The topological polar surface area (TPSA) is 57.2 Å². The molecule has 0 aromatic heterocycles. The summed E-state index contributed by atoms with van der Waals surface area (Å²) in [7, 11) is -4.15. The summed E-state index contributed by atoms with van der Waals surface area (Å²) >= 11 is 0. The molecule has 0 fully saturated rings.